The zero-order valence-electron chi connectivity index (χ0n) is 11.8. The lowest BCUT2D eigenvalue weighted by molar-refractivity contribution is -0.225. The third-order valence-electron chi connectivity index (χ3n) is 5.40. The Hall–Kier alpha value is -0.870. The molecule has 1 heterocycles. The van der Waals surface area contributed by atoms with E-state index in [4.69, 9.17) is 10.5 Å². The number of amides is 1. The number of rotatable bonds is 2. The fraction of sp³-hybridized carbons (Fsp3) is 0.800. The van der Waals surface area contributed by atoms with Gasteiger partial charge in [0.2, 0.25) is 5.91 Å². The lowest BCUT2D eigenvalue weighted by Crippen LogP contribution is -2.82. The van der Waals surface area contributed by atoms with Crippen LogP contribution in [0.15, 0.2) is 12.2 Å². The molecule has 1 saturated heterocycles. The van der Waals surface area contributed by atoms with Crippen LogP contribution in [0, 0.1) is 11.3 Å². The monoisotopic (exact) mass is 264 g/mol. The van der Waals surface area contributed by atoms with Gasteiger partial charge in [0.25, 0.3) is 0 Å². The zero-order valence-corrected chi connectivity index (χ0v) is 11.8. The highest BCUT2D eigenvalue weighted by atomic mass is 16.5. The number of fused-ring (bicyclic) bond motifs is 1. The van der Waals surface area contributed by atoms with Crippen LogP contribution in [0.2, 0.25) is 0 Å². The summed E-state index contributed by atoms with van der Waals surface area (Å²) in [4.78, 5) is 12.7. The lowest BCUT2D eigenvalue weighted by atomic mass is 9.46. The van der Waals surface area contributed by atoms with Crippen LogP contribution < -0.4 is 11.1 Å². The number of ether oxygens (including phenoxy) is 1. The molecule has 0 radical (unpaired) electrons. The fourth-order valence-corrected chi connectivity index (χ4v) is 4.08. The first kappa shape index (κ1) is 13.1. The molecule has 0 aromatic heterocycles. The van der Waals surface area contributed by atoms with E-state index in [0.717, 1.165) is 32.3 Å². The first-order chi connectivity index (χ1) is 8.98. The molecule has 3 rings (SSSR count). The van der Waals surface area contributed by atoms with Crippen LogP contribution in [0.1, 0.15) is 39.5 Å². The molecule has 3 unspecified atom stereocenters. The van der Waals surface area contributed by atoms with Crippen molar-refractivity contribution in [2.45, 2.75) is 57.2 Å². The zero-order chi connectivity index (χ0) is 13.7. The van der Waals surface area contributed by atoms with Crippen molar-refractivity contribution in [1.29, 1.82) is 0 Å². The highest BCUT2D eigenvalue weighted by molar-refractivity contribution is 5.89. The van der Waals surface area contributed by atoms with Crippen molar-refractivity contribution in [2.24, 2.45) is 17.1 Å². The van der Waals surface area contributed by atoms with Crippen LogP contribution in [0.5, 0.6) is 0 Å². The van der Waals surface area contributed by atoms with Crippen LogP contribution in [-0.4, -0.2) is 30.2 Å². The summed E-state index contributed by atoms with van der Waals surface area (Å²) in [5, 5.41) is 3.13. The van der Waals surface area contributed by atoms with Crippen LogP contribution in [0.25, 0.3) is 0 Å². The number of nitrogens with one attached hydrogen (secondary N) is 1. The second-order valence-corrected chi connectivity index (χ2v) is 6.74. The van der Waals surface area contributed by atoms with Gasteiger partial charge in [-0.2, -0.15) is 0 Å². The van der Waals surface area contributed by atoms with Crippen LogP contribution in [-0.2, 0) is 9.53 Å². The van der Waals surface area contributed by atoms with Crippen molar-refractivity contribution in [3.8, 4) is 0 Å². The third-order valence-corrected chi connectivity index (χ3v) is 5.40. The highest BCUT2D eigenvalue weighted by Gasteiger charge is 2.70. The predicted octanol–water partition coefficient (Wildman–Crippen LogP) is 1.35. The van der Waals surface area contributed by atoms with Gasteiger partial charge in [-0.25, -0.2) is 0 Å². The topological polar surface area (TPSA) is 64.3 Å². The summed E-state index contributed by atoms with van der Waals surface area (Å²) in [5.41, 5.74) is 5.48. The maximum atomic E-state index is 12.7. The van der Waals surface area contributed by atoms with Crippen molar-refractivity contribution >= 4 is 5.91 Å². The summed E-state index contributed by atoms with van der Waals surface area (Å²) >= 11 is 0. The van der Waals surface area contributed by atoms with Gasteiger partial charge in [0.15, 0.2) is 0 Å². The molecule has 106 valence electrons. The van der Waals surface area contributed by atoms with Gasteiger partial charge in [0.1, 0.15) is 5.54 Å². The van der Waals surface area contributed by atoms with Gasteiger partial charge >= 0.3 is 0 Å². The smallest absolute Gasteiger partial charge is 0.241 e. The summed E-state index contributed by atoms with van der Waals surface area (Å²) in [6.45, 7) is 4.92. The molecule has 3 atom stereocenters. The highest BCUT2D eigenvalue weighted by Crippen LogP contribution is 2.57. The maximum Gasteiger partial charge on any atom is 0.241 e. The molecule has 3 aliphatic rings. The Morgan fingerprint density at radius 3 is 2.74 bits per heavy atom. The second-order valence-electron chi connectivity index (χ2n) is 6.74. The number of hydrogen-bond donors (Lipinski definition) is 2. The van der Waals surface area contributed by atoms with Gasteiger partial charge in [-0.3, -0.25) is 4.79 Å². The van der Waals surface area contributed by atoms with Crippen LogP contribution in [0.3, 0.4) is 0 Å². The molecule has 3 N–H and O–H groups in total. The average molecular weight is 264 g/mol. The minimum Gasteiger partial charge on any atom is -0.377 e. The first-order valence-electron chi connectivity index (χ1n) is 7.34. The summed E-state index contributed by atoms with van der Waals surface area (Å²) in [5.74, 6) is 0.184. The molecule has 0 aromatic rings. The molecule has 2 fully saturated rings. The van der Waals surface area contributed by atoms with Gasteiger partial charge < -0.3 is 15.8 Å². The number of hydrogen-bond acceptors (Lipinski definition) is 3. The molecule has 1 amide bonds. The molecule has 4 heteroatoms. The summed E-state index contributed by atoms with van der Waals surface area (Å²) < 4.78 is 5.84. The fourth-order valence-electron chi connectivity index (χ4n) is 4.08. The maximum absolute atomic E-state index is 12.7. The quantitative estimate of drug-likeness (QED) is 0.740. The normalized spacial score (nSPS) is 40.6. The van der Waals surface area contributed by atoms with Gasteiger partial charge in [-0.05, 0) is 25.7 Å². The predicted molar refractivity (Wildman–Crippen MR) is 73.5 cm³/mol. The Labute approximate surface area is 114 Å². The molecule has 0 bridgehead atoms. The standard InChI is InChI=1S/C15H24N2O2/c1-14(2)12-11(8-5-9-19-12)15(14,16)13(18)17-10-6-3-4-7-10/h3-4,10-12H,5-9,16H2,1-2H3,(H,17,18). The summed E-state index contributed by atoms with van der Waals surface area (Å²) in [6, 6.07) is 0.229. The van der Waals surface area contributed by atoms with Gasteiger partial charge in [0.05, 0.1) is 6.10 Å². The van der Waals surface area contributed by atoms with Crippen molar-refractivity contribution < 1.29 is 9.53 Å². The van der Waals surface area contributed by atoms with Crippen LogP contribution >= 0.6 is 0 Å². The Morgan fingerprint density at radius 1 is 1.37 bits per heavy atom. The lowest BCUT2D eigenvalue weighted by Gasteiger charge is -2.65. The van der Waals surface area contributed by atoms with Crippen molar-refractivity contribution in [3.63, 3.8) is 0 Å². The Balaban J connectivity index is 1.75. The molecular weight excluding hydrogens is 240 g/mol. The molecule has 19 heavy (non-hydrogen) atoms. The first-order valence-corrected chi connectivity index (χ1v) is 7.34. The number of carbonyl (C=O) groups excluding carboxylic acids is 1. The molecule has 1 aliphatic heterocycles. The summed E-state index contributed by atoms with van der Waals surface area (Å²) in [6.07, 6.45) is 8.23. The van der Waals surface area contributed by atoms with E-state index < -0.39 is 5.54 Å². The second kappa shape index (κ2) is 4.32. The van der Waals surface area contributed by atoms with E-state index in [1.54, 1.807) is 0 Å². The van der Waals surface area contributed by atoms with E-state index in [1.807, 2.05) is 0 Å². The van der Waals surface area contributed by atoms with E-state index in [1.165, 1.54) is 0 Å². The Kier molecular flexibility index (Phi) is 2.98. The van der Waals surface area contributed by atoms with E-state index in [9.17, 15) is 4.79 Å². The number of nitrogens with two attached hydrogens (primary N) is 1. The van der Waals surface area contributed by atoms with Gasteiger partial charge in [-0.15, -0.1) is 0 Å². The molecule has 4 nitrogen and oxygen atoms in total. The van der Waals surface area contributed by atoms with E-state index in [2.05, 4.69) is 31.3 Å². The molecule has 0 spiro atoms. The minimum atomic E-state index is -0.777. The van der Waals surface area contributed by atoms with E-state index in [-0.39, 0.29) is 29.4 Å². The molecular formula is C15H24N2O2. The minimum absolute atomic E-state index is 0.0120. The Morgan fingerprint density at radius 2 is 2.05 bits per heavy atom. The van der Waals surface area contributed by atoms with Crippen LogP contribution in [0.4, 0.5) is 0 Å². The van der Waals surface area contributed by atoms with Gasteiger partial charge in [-0.1, -0.05) is 26.0 Å². The van der Waals surface area contributed by atoms with E-state index >= 15 is 0 Å². The van der Waals surface area contributed by atoms with Crippen molar-refractivity contribution in [2.75, 3.05) is 6.61 Å². The summed E-state index contributed by atoms with van der Waals surface area (Å²) in [7, 11) is 0. The van der Waals surface area contributed by atoms with Crippen molar-refractivity contribution in [1.82, 2.24) is 5.32 Å². The molecule has 2 aliphatic carbocycles. The third kappa shape index (κ3) is 1.69. The molecule has 1 saturated carbocycles. The number of carbonyl (C=O) groups is 1. The Bertz CT molecular complexity index is 410. The average Bonchev–Trinajstić information content (AvgIpc) is 2.90. The van der Waals surface area contributed by atoms with Gasteiger partial charge in [0, 0.05) is 24.0 Å². The SMILES string of the molecule is CC1(C)C2OCCCC2C1(N)C(=O)NC1CC=CC1. The van der Waals surface area contributed by atoms with E-state index in [0.29, 0.717) is 0 Å². The largest absolute Gasteiger partial charge is 0.377 e. The van der Waals surface area contributed by atoms with Crippen molar-refractivity contribution in [3.05, 3.63) is 12.2 Å². The molecule has 0 aromatic carbocycles.